The van der Waals surface area contributed by atoms with Gasteiger partial charge in [-0.3, -0.25) is 9.59 Å². The summed E-state index contributed by atoms with van der Waals surface area (Å²) in [6.07, 6.45) is -15.5. The van der Waals surface area contributed by atoms with Gasteiger partial charge < -0.3 is 0 Å². The van der Waals surface area contributed by atoms with E-state index in [4.69, 9.17) is 0 Å². The molecule has 0 saturated carbocycles. The second-order valence-corrected chi connectivity index (χ2v) is 19.4. The van der Waals surface area contributed by atoms with E-state index in [1.54, 1.807) is 83.1 Å². The van der Waals surface area contributed by atoms with Gasteiger partial charge >= 0.3 is 24.7 Å². The van der Waals surface area contributed by atoms with Crippen LogP contribution in [0.2, 0.25) is 0 Å². The van der Waals surface area contributed by atoms with Crippen molar-refractivity contribution in [1.82, 2.24) is 0 Å². The number of alkyl halides is 12. The molecule has 0 radical (unpaired) electrons. The van der Waals surface area contributed by atoms with Crippen molar-refractivity contribution < 1.29 is 62.3 Å². The molecular formula is C46H46F12N4O2. The number of allylic oxidation sites excluding steroid dienone is 10. The van der Waals surface area contributed by atoms with Gasteiger partial charge in [0, 0.05) is 22.3 Å². The number of nitrogens with zero attached hydrogens (tertiary/aromatic N) is 4. The number of rotatable bonds is 5. The van der Waals surface area contributed by atoms with Crippen LogP contribution in [0.15, 0.2) is 115 Å². The highest BCUT2D eigenvalue weighted by atomic mass is 19.4. The zero-order valence-electron chi connectivity index (χ0n) is 36.9. The highest BCUT2D eigenvalue weighted by Crippen LogP contribution is 2.51. The fourth-order valence-corrected chi connectivity index (χ4v) is 6.71. The second kappa shape index (κ2) is 16.9. The summed E-state index contributed by atoms with van der Waals surface area (Å²) in [5, 5.41) is 13.8. The Kier molecular flexibility index (Phi) is 13.5. The van der Waals surface area contributed by atoms with E-state index in [9.17, 15) is 62.3 Å². The number of carbonyl (C=O) groups excluding carboxylic acids is 2. The van der Waals surface area contributed by atoms with Gasteiger partial charge in [0.15, 0.2) is 11.6 Å². The van der Waals surface area contributed by atoms with E-state index in [0.717, 1.165) is 12.4 Å². The summed E-state index contributed by atoms with van der Waals surface area (Å²) in [4.78, 5) is 26.5. The van der Waals surface area contributed by atoms with Crippen LogP contribution in [0, 0.1) is 21.7 Å². The van der Waals surface area contributed by atoms with Crippen molar-refractivity contribution in [3.05, 3.63) is 117 Å². The Morgan fingerprint density at radius 1 is 0.375 bits per heavy atom. The summed E-state index contributed by atoms with van der Waals surface area (Å²) < 4.78 is 176. The minimum absolute atomic E-state index is 0.133. The molecule has 0 bridgehead atoms. The highest BCUT2D eigenvalue weighted by Gasteiger charge is 2.45. The van der Waals surface area contributed by atoms with Crippen molar-refractivity contribution in [3.8, 4) is 11.1 Å². The quantitative estimate of drug-likeness (QED) is 0.221. The number of Topliss-reactive ketones (excluding diaryl/α,β-unsaturated/α-hetero) is 2. The van der Waals surface area contributed by atoms with Gasteiger partial charge in [-0.05, 0) is 92.5 Å². The largest absolute Gasteiger partial charge is 0.418 e. The fraction of sp³-hybridized carbons (Fsp3) is 0.435. The number of halogens is 12. The first-order valence-corrected chi connectivity index (χ1v) is 19.5. The average molecular weight is 915 g/mol. The first kappa shape index (κ1) is 51.2. The maximum Gasteiger partial charge on any atom is 0.418 e. The molecule has 2 aliphatic carbocycles. The molecule has 0 spiro atoms. The van der Waals surface area contributed by atoms with Gasteiger partial charge in [0.2, 0.25) is 0 Å². The lowest BCUT2D eigenvalue weighted by atomic mass is 9.72. The van der Waals surface area contributed by atoms with Crippen molar-refractivity contribution in [3.63, 3.8) is 0 Å². The van der Waals surface area contributed by atoms with Crippen molar-refractivity contribution in [2.24, 2.45) is 42.1 Å². The summed E-state index contributed by atoms with van der Waals surface area (Å²) in [5.41, 5.74) is -16.9. The van der Waals surface area contributed by atoms with Gasteiger partial charge in [-0.1, -0.05) is 83.1 Å². The van der Waals surface area contributed by atoms with Crippen LogP contribution in [-0.4, -0.2) is 11.6 Å². The Bertz CT molecular complexity index is 2250. The van der Waals surface area contributed by atoms with Gasteiger partial charge in [-0.2, -0.15) is 73.1 Å². The van der Waals surface area contributed by atoms with Crippen LogP contribution in [0.3, 0.4) is 0 Å². The first-order chi connectivity index (χ1) is 28.6. The van der Waals surface area contributed by atoms with Crippen molar-refractivity contribution >= 4 is 22.9 Å². The molecule has 0 aliphatic heterocycles. The molecule has 2 aromatic rings. The maximum absolute atomic E-state index is 14.7. The summed E-state index contributed by atoms with van der Waals surface area (Å²) in [7, 11) is 0. The summed E-state index contributed by atoms with van der Waals surface area (Å²) in [6, 6.07) is -1.23. The molecular weight excluding hydrogens is 869 g/mol. The predicted octanol–water partition coefficient (Wildman–Crippen LogP) is 16.4. The second-order valence-electron chi connectivity index (χ2n) is 19.4. The van der Waals surface area contributed by atoms with Gasteiger partial charge in [-0.15, -0.1) is 0 Å². The van der Waals surface area contributed by atoms with E-state index in [0.29, 0.717) is 0 Å². The van der Waals surface area contributed by atoms with Crippen molar-refractivity contribution in [1.29, 1.82) is 0 Å². The molecule has 0 aromatic heterocycles. The van der Waals surface area contributed by atoms with Crippen LogP contribution >= 0.6 is 0 Å². The predicted molar refractivity (Wildman–Crippen MR) is 217 cm³/mol. The number of hydrogen-bond acceptors (Lipinski definition) is 6. The number of carbonyl (C=O) groups is 2. The molecule has 2 aromatic carbocycles. The van der Waals surface area contributed by atoms with Gasteiger partial charge in [0.1, 0.15) is 0 Å². The Hall–Kier alpha value is -5.42. The number of benzene rings is 2. The minimum Gasteiger partial charge on any atom is -0.289 e. The monoisotopic (exact) mass is 914 g/mol. The zero-order chi connectivity index (χ0) is 49.1. The molecule has 64 heavy (non-hydrogen) atoms. The Morgan fingerprint density at radius 3 is 0.812 bits per heavy atom. The SMILES string of the molecule is CC(C)(C)C1=CC(=CN=Nc2cc(C(F)(F)F)c(-c3cc(C(F)(F)F)c(N=NC=C4C=C(C(C)(C)C)C(=O)C(C(C)(C)C)=C4)cc3C(F)(F)F)cc2C(F)(F)F)C=C(C(C)(C)C)C1=O. The average Bonchev–Trinajstić information content (AvgIpc) is 3.08. The third kappa shape index (κ3) is 11.6. The molecule has 0 fully saturated rings. The number of azo groups is 2. The molecule has 4 rings (SSSR count). The molecule has 346 valence electrons. The summed E-state index contributed by atoms with van der Waals surface area (Å²) in [6.45, 7) is 20.6. The van der Waals surface area contributed by atoms with Crippen LogP contribution in [0.4, 0.5) is 64.1 Å². The Balaban J connectivity index is 2.01. The van der Waals surface area contributed by atoms with Crippen molar-refractivity contribution in [2.75, 3.05) is 0 Å². The minimum atomic E-state index is -5.76. The molecule has 0 saturated heterocycles. The maximum atomic E-state index is 14.7. The van der Waals surface area contributed by atoms with Gasteiger partial charge in [0.05, 0.1) is 46.0 Å². The van der Waals surface area contributed by atoms with Crippen LogP contribution in [0.25, 0.3) is 11.1 Å². The Morgan fingerprint density at radius 2 is 0.609 bits per heavy atom. The topological polar surface area (TPSA) is 83.6 Å². The van der Waals surface area contributed by atoms with E-state index in [-0.39, 0.29) is 69.3 Å². The van der Waals surface area contributed by atoms with E-state index in [2.05, 4.69) is 20.5 Å². The lowest BCUT2D eigenvalue weighted by molar-refractivity contribution is -0.141. The Labute approximate surface area is 362 Å². The van der Waals surface area contributed by atoms with Crippen LogP contribution in [0.1, 0.15) is 105 Å². The molecule has 18 heteroatoms. The van der Waals surface area contributed by atoms with Crippen LogP contribution in [-0.2, 0) is 34.3 Å². The zero-order valence-corrected chi connectivity index (χ0v) is 36.9. The molecule has 0 amide bonds. The highest BCUT2D eigenvalue weighted by molar-refractivity contribution is 6.12. The van der Waals surface area contributed by atoms with Gasteiger partial charge in [0.25, 0.3) is 0 Å². The van der Waals surface area contributed by atoms with E-state index in [1.807, 2.05) is 0 Å². The number of ketones is 2. The van der Waals surface area contributed by atoms with Crippen molar-refractivity contribution in [2.45, 2.75) is 108 Å². The standard InChI is InChI=1S/C46H46F12N4O2/c1-39(2,3)31-13-23(14-32(37(31)63)40(4,5)6)21-59-61-35-19-27(43(47,48)49)25(17-29(35)45(53,54)55)26-18-30(46(56,57)58)36(20-28(26)44(50,51)52)62-60-22-24-15-33(41(7,8)9)38(64)34(16-24)42(10,11)12/h13-22H,1-12H3. The van der Waals surface area contributed by atoms with Crippen LogP contribution in [0.5, 0.6) is 0 Å². The molecule has 0 unspecified atom stereocenters. The molecule has 0 heterocycles. The van der Waals surface area contributed by atoms with Crippen LogP contribution < -0.4 is 0 Å². The van der Waals surface area contributed by atoms with Gasteiger partial charge in [-0.25, -0.2) is 0 Å². The molecule has 0 N–H and O–H groups in total. The number of hydrogen-bond donors (Lipinski definition) is 0. The van der Waals surface area contributed by atoms with E-state index < -0.39 is 91.1 Å². The first-order valence-electron chi connectivity index (χ1n) is 19.5. The third-order valence-corrected chi connectivity index (χ3v) is 9.98. The van der Waals surface area contributed by atoms with E-state index >= 15 is 0 Å². The van der Waals surface area contributed by atoms with E-state index in [1.165, 1.54) is 24.3 Å². The smallest absolute Gasteiger partial charge is 0.289 e. The lowest BCUT2D eigenvalue weighted by Crippen LogP contribution is -2.27. The fourth-order valence-electron chi connectivity index (χ4n) is 6.71. The summed E-state index contributed by atoms with van der Waals surface area (Å²) >= 11 is 0. The lowest BCUT2D eigenvalue weighted by Gasteiger charge is -2.31. The normalized spacial score (nSPS) is 16.7. The summed E-state index contributed by atoms with van der Waals surface area (Å²) in [5.74, 6) is -0.645. The molecule has 0 atom stereocenters. The third-order valence-electron chi connectivity index (χ3n) is 9.98. The molecule has 2 aliphatic rings. The molecule has 6 nitrogen and oxygen atoms in total.